The van der Waals surface area contributed by atoms with E-state index >= 15 is 0 Å². The molecule has 1 unspecified atom stereocenters. The largest absolute Gasteiger partial charge is 0.378 e. The molecule has 0 aromatic carbocycles. The van der Waals surface area contributed by atoms with Gasteiger partial charge >= 0.3 is 5.69 Å². The quantitative estimate of drug-likeness (QED) is 0.587. The molecule has 2 N–H and O–H groups in total. The van der Waals surface area contributed by atoms with Crippen molar-refractivity contribution in [1.82, 2.24) is 9.78 Å². The standard InChI is InChI=1S/C7H10N4O2S/c8-7-6(11(12)13)3-9-10(7)5-1-2-14-4-5/h3,5H,1-2,4,8H2. The van der Waals surface area contributed by atoms with Gasteiger partial charge in [0.1, 0.15) is 6.20 Å². The number of nitrogen functional groups attached to an aromatic ring is 1. The summed E-state index contributed by atoms with van der Waals surface area (Å²) in [5.74, 6) is 2.17. The van der Waals surface area contributed by atoms with Gasteiger partial charge in [0.25, 0.3) is 0 Å². The van der Waals surface area contributed by atoms with Crippen LogP contribution in [-0.2, 0) is 0 Å². The summed E-state index contributed by atoms with van der Waals surface area (Å²) in [5, 5.41) is 14.5. The third kappa shape index (κ3) is 1.43. The van der Waals surface area contributed by atoms with E-state index in [2.05, 4.69) is 5.10 Å². The molecule has 6 nitrogen and oxygen atoms in total. The maximum Gasteiger partial charge on any atom is 0.330 e. The molecule has 0 radical (unpaired) electrons. The summed E-state index contributed by atoms with van der Waals surface area (Å²) >= 11 is 1.82. The summed E-state index contributed by atoms with van der Waals surface area (Å²) < 4.78 is 1.57. The Hall–Kier alpha value is -1.24. The van der Waals surface area contributed by atoms with Crippen molar-refractivity contribution in [2.24, 2.45) is 0 Å². The zero-order chi connectivity index (χ0) is 10.1. The van der Waals surface area contributed by atoms with Crippen molar-refractivity contribution >= 4 is 23.3 Å². The van der Waals surface area contributed by atoms with E-state index in [1.54, 1.807) is 4.68 Å². The van der Waals surface area contributed by atoms with E-state index in [0.717, 1.165) is 17.9 Å². The van der Waals surface area contributed by atoms with Crippen LogP contribution < -0.4 is 5.73 Å². The number of nitrogens with zero attached hydrogens (tertiary/aromatic N) is 3. The number of rotatable bonds is 2. The van der Waals surface area contributed by atoms with E-state index in [1.165, 1.54) is 6.20 Å². The minimum Gasteiger partial charge on any atom is -0.378 e. The molecule has 1 aromatic rings. The molecule has 76 valence electrons. The zero-order valence-corrected chi connectivity index (χ0v) is 8.24. The fourth-order valence-electron chi connectivity index (χ4n) is 1.51. The average molecular weight is 214 g/mol. The van der Waals surface area contributed by atoms with Gasteiger partial charge < -0.3 is 5.73 Å². The summed E-state index contributed by atoms with van der Waals surface area (Å²) in [7, 11) is 0. The van der Waals surface area contributed by atoms with Crippen molar-refractivity contribution in [3.8, 4) is 0 Å². The van der Waals surface area contributed by atoms with Crippen LogP contribution in [0.3, 0.4) is 0 Å². The number of hydrogen-bond donors (Lipinski definition) is 1. The van der Waals surface area contributed by atoms with Crippen LogP contribution in [0.25, 0.3) is 0 Å². The molecule has 0 aliphatic carbocycles. The lowest BCUT2D eigenvalue weighted by molar-refractivity contribution is -0.384. The topological polar surface area (TPSA) is 87.0 Å². The highest BCUT2D eigenvalue weighted by molar-refractivity contribution is 7.99. The number of nitrogens with two attached hydrogens (primary N) is 1. The molecule has 0 amide bonds. The second-order valence-corrected chi connectivity index (χ2v) is 4.28. The van der Waals surface area contributed by atoms with Gasteiger partial charge in [-0.3, -0.25) is 10.1 Å². The van der Waals surface area contributed by atoms with E-state index in [1.807, 2.05) is 11.8 Å². The van der Waals surface area contributed by atoms with Gasteiger partial charge in [0.15, 0.2) is 0 Å². The number of nitro groups is 1. The first-order chi connectivity index (χ1) is 6.70. The Morgan fingerprint density at radius 3 is 3.07 bits per heavy atom. The Morgan fingerprint density at radius 1 is 1.79 bits per heavy atom. The third-order valence-corrected chi connectivity index (χ3v) is 3.41. The van der Waals surface area contributed by atoms with Crippen LogP contribution in [0.15, 0.2) is 6.20 Å². The molecular weight excluding hydrogens is 204 g/mol. The third-order valence-electron chi connectivity index (χ3n) is 2.26. The van der Waals surface area contributed by atoms with Gasteiger partial charge in [0.05, 0.1) is 11.0 Å². The number of thioether (sulfide) groups is 1. The lowest BCUT2D eigenvalue weighted by Gasteiger charge is -2.09. The van der Waals surface area contributed by atoms with Crippen LogP contribution in [0.2, 0.25) is 0 Å². The fraction of sp³-hybridized carbons (Fsp3) is 0.571. The Morgan fingerprint density at radius 2 is 2.57 bits per heavy atom. The molecule has 0 saturated carbocycles. The van der Waals surface area contributed by atoms with E-state index in [4.69, 9.17) is 5.73 Å². The summed E-state index contributed by atoms with van der Waals surface area (Å²) in [6.07, 6.45) is 2.20. The van der Waals surface area contributed by atoms with Gasteiger partial charge in [0, 0.05) is 5.75 Å². The normalized spacial score (nSPS) is 21.3. The summed E-state index contributed by atoms with van der Waals surface area (Å²) in [5.41, 5.74) is 5.54. The van der Waals surface area contributed by atoms with Crippen molar-refractivity contribution in [1.29, 1.82) is 0 Å². The van der Waals surface area contributed by atoms with Gasteiger partial charge in [-0.2, -0.15) is 16.9 Å². The minimum atomic E-state index is -0.499. The molecule has 1 aromatic heterocycles. The second-order valence-electron chi connectivity index (χ2n) is 3.13. The summed E-state index contributed by atoms with van der Waals surface area (Å²) in [6.45, 7) is 0. The Balaban J connectivity index is 2.30. The first kappa shape index (κ1) is 9.32. The lowest BCUT2D eigenvalue weighted by atomic mass is 10.3. The van der Waals surface area contributed by atoms with Gasteiger partial charge in [-0.25, -0.2) is 4.68 Å². The van der Waals surface area contributed by atoms with Crippen molar-refractivity contribution in [3.05, 3.63) is 16.3 Å². The fourth-order valence-corrected chi connectivity index (χ4v) is 2.69. The highest BCUT2D eigenvalue weighted by atomic mass is 32.2. The summed E-state index contributed by atoms with van der Waals surface area (Å²) in [4.78, 5) is 10.0. The van der Waals surface area contributed by atoms with E-state index < -0.39 is 4.92 Å². The molecule has 2 heterocycles. The predicted octanol–water partition coefficient (Wildman–Crippen LogP) is 1.05. The Labute approximate surface area is 84.6 Å². The van der Waals surface area contributed by atoms with Crippen molar-refractivity contribution < 1.29 is 4.92 Å². The molecule has 7 heteroatoms. The Bertz CT molecular complexity index is 359. The SMILES string of the molecule is Nc1c([N+](=O)[O-])cnn1C1CCSC1. The van der Waals surface area contributed by atoms with Gasteiger partial charge in [-0.05, 0) is 12.2 Å². The maximum atomic E-state index is 10.5. The molecular formula is C7H10N4O2S. The molecule has 1 aliphatic rings. The molecule has 1 aliphatic heterocycles. The van der Waals surface area contributed by atoms with Crippen molar-refractivity contribution in [3.63, 3.8) is 0 Å². The predicted molar refractivity (Wildman–Crippen MR) is 54.3 cm³/mol. The smallest absolute Gasteiger partial charge is 0.330 e. The van der Waals surface area contributed by atoms with Crippen LogP contribution in [0, 0.1) is 10.1 Å². The zero-order valence-electron chi connectivity index (χ0n) is 7.42. The van der Waals surface area contributed by atoms with E-state index in [-0.39, 0.29) is 17.5 Å². The molecule has 0 spiro atoms. The first-order valence-corrected chi connectivity index (χ1v) is 5.40. The Kier molecular flexibility index (Phi) is 2.32. The van der Waals surface area contributed by atoms with Gasteiger partial charge in [0.2, 0.25) is 5.82 Å². The highest BCUT2D eigenvalue weighted by Gasteiger charge is 2.25. The minimum absolute atomic E-state index is 0.0955. The highest BCUT2D eigenvalue weighted by Crippen LogP contribution is 2.32. The second kappa shape index (κ2) is 3.49. The maximum absolute atomic E-state index is 10.5. The van der Waals surface area contributed by atoms with Crippen LogP contribution in [0.5, 0.6) is 0 Å². The van der Waals surface area contributed by atoms with Crippen molar-refractivity contribution in [2.45, 2.75) is 12.5 Å². The molecule has 1 atom stereocenters. The number of aromatic nitrogens is 2. The van der Waals surface area contributed by atoms with Crippen LogP contribution in [0.4, 0.5) is 11.5 Å². The van der Waals surface area contributed by atoms with E-state index in [9.17, 15) is 10.1 Å². The molecule has 2 rings (SSSR count). The molecule has 14 heavy (non-hydrogen) atoms. The number of anilines is 1. The first-order valence-electron chi connectivity index (χ1n) is 4.25. The monoisotopic (exact) mass is 214 g/mol. The summed E-state index contributed by atoms with van der Waals surface area (Å²) in [6, 6.07) is 0.216. The number of hydrogen-bond acceptors (Lipinski definition) is 5. The van der Waals surface area contributed by atoms with Crippen LogP contribution in [0.1, 0.15) is 12.5 Å². The van der Waals surface area contributed by atoms with Crippen LogP contribution in [-0.4, -0.2) is 26.2 Å². The molecule has 0 bridgehead atoms. The van der Waals surface area contributed by atoms with E-state index in [0.29, 0.717) is 0 Å². The molecule has 1 saturated heterocycles. The van der Waals surface area contributed by atoms with Gasteiger partial charge in [-0.1, -0.05) is 0 Å². The van der Waals surface area contributed by atoms with Gasteiger partial charge in [-0.15, -0.1) is 0 Å². The lowest BCUT2D eigenvalue weighted by Crippen LogP contribution is -2.12. The molecule has 1 fully saturated rings. The van der Waals surface area contributed by atoms with Crippen molar-refractivity contribution in [2.75, 3.05) is 17.2 Å². The average Bonchev–Trinajstić information content (AvgIpc) is 2.71. The van der Waals surface area contributed by atoms with Crippen LogP contribution >= 0.6 is 11.8 Å².